The first-order chi connectivity index (χ1) is 8.13. The smallest absolute Gasteiger partial charge is 0.253 e. The van der Waals surface area contributed by atoms with Gasteiger partial charge in [0.05, 0.1) is 29.3 Å². The molecule has 2 aromatic rings. The summed E-state index contributed by atoms with van der Waals surface area (Å²) in [5.74, 6) is 0. The van der Waals surface area contributed by atoms with Gasteiger partial charge in [0.25, 0.3) is 5.56 Å². The Labute approximate surface area is 104 Å². The molecular formula is C11H13ClN4O. The fourth-order valence-corrected chi connectivity index (χ4v) is 2.00. The molecule has 2 aromatic heterocycles. The maximum absolute atomic E-state index is 11.6. The number of nitrogens with zero attached hydrogens (tertiary/aromatic N) is 4. The largest absolute Gasteiger partial charge is 0.293 e. The van der Waals surface area contributed by atoms with Crippen LogP contribution in [0.15, 0.2) is 23.4 Å². The van der Waals surface area contributed by atoms with Crippen molar-refractivity contribution in [1.29, 1.82) is 0 Å². The molecule has 0 radical (unpaired) electrons. The first-order valence-electron chi connectivity index (χ1n) is 5.34. The molecule has 2 heterocycles. The van der Waals surface area contributed by atoms with Crippen molar-refractivity contribution in [1.82, 2.24) is 19.3 Å². The first-order valence-corrected chi connectivity index (χ1v) is 5.72. The zero-order valence-electron chi connectivity index (χ0n) is 9.72. The van der Waals surface area contributed by atoms with Gasteiger partial charge in [0, 0.05) is 19.3 Å². The molecule has 0 atom stereocenters. The van der Waals surface area contributed by atoms with Crippen molar-refractivity contribution in [3.63, 3.8) is 0 Å². The van der Waals surface area contributed by atoms with Crippen LogP contribution < -0.4 is 5.56 Å². The average Bonchev–Trinajstić information content (AvgIpc) is 2.59. The molecule has 0 saturated carbocycles. The molecule has 0 aliphatic heterocycles. The highest BCUT2D eigenvalue weighted by Gasteiger charge is 2.13. The number of hydrogen-bond donors (Lipinski definition) is 0. The van der Waals surface area contributed by atoms with Crippen molar-refractivity contribution in [2.75, 3.05) is 0 Å². The number of rotatable bonds is 3. The standard InChI is InChI=1S/C11H13ClN4O/c1-3-8-11(12)9(15(2)14-8)6-16-7-13-5-4-10(16)17/h4-5,7H,3,6H2,1-2H3. The van der Waals surface area contributed by atoms with Crippen molar-refractivity contribution in [3.8, 4) is 0 Å². The van der Waals surface area contributed by atoms with Gasteiger partial charge in [0.15, 0.2) is 0 Å². The van der Waals surface area contributed by atoms with Crippen LogP contribution in [0.5, 0.6) is 0 Å². The zero-order chi connectivity index (χ0) is 12.4. The van der Waals surface area contributed by atoms with Crippen LogP contribution in [0.3, 0.4) is 0 Å². The Balaban J connectivity index is 2.40. The number of aromatic nitrogens is 4. The third-order valence-corrected chi connectivity index (χ3v) is 3.05. The van der Waals surface area contributed by atoms with E-state index in [9.17, 15) is 4.79 Å². The van der Waals surface area contributed by atoms with Crippen LogP contribution in [0, 0.1) is 0 Å². The highest BCUT2D eigenvalue weighted by molar-refractivity contribution is 6.31. The predicted octanol–water partition coefficient (Wildman–Crippen LogP) is 1.24. The fourth-order valence-electron chi connectivity index (χ4n) is 1.65. The molecule has 0 aliphatic carbocycles. The number of hydrogen-bond acceptors (Lipinski definition) is 3. The SMILES string of the molecule is CCc1nn(C)c(Cn2cnccc2=O)c1Cl. The molecule has 0 bridgehead atoms. The van der Waals surface area contributed by atoms with Crippen LogP contribution in [-0.2, 0) is 20.0 Å². The maximum Gasteiger partial charge on any atom is 0.253 e. The molecular weight excluding hydrogens is 240 g/mol. The van der Waals surface area contributed by atoms with E-state index in [0.29, 0.717) is 11.6 Å². The molecule has 5 nitrogen and oxygen atoms in total. The zero-order valence-corrected chi connectivity index (χ0v) is 10.5. The van der Waals surface area contributed by atoms with E-state index in [-0.39, 0.29) is 5.56 Å². The van der Waals surface area contributed by atoms with Gasteiger partial charge < -0.3 is 0 Å². The molecule has 6 heteroatoms. The number of halogens is 1. The molecule has 0 N–H and O–H groups in total. The van der Waals surface area contributed by atoms with E-state index < -0.39 is 0 Å². The average molecular weight is 253 g/mol. The Morgan fingerprint density at radius 2 is 2.24 bits per heavy atom. The topological polar surface area (TPSA) is 52.7 Å². The second kappa shape index (κ2) is 4.71. The summed E-state index contributed by atoms with van der Waals surface area (Å²) in [5.41, 5.74) is 1.56. The Bertz CT molecular complexity index is 587. The third-order valence-electron chi connectivity index (χ3n) is 2.62. The van der Waals surface area contributed by atoms with E-state index in [0.717, 1.165) is 17.8 Å². The summed E-state index contributed by atoms with van der Waals surface area (Å²) >= 11 is 6.21. The summed E-state index contributed by atoms with van der Waals surface area (Å²) in [6.45, 7) is 2.38. The van der Waals surface area contributed by atoms with Crippen molar-refractivity contribution in [2.45, 2.75) is 19.9 Å². The lowest BCUT2D eigenvalue weighted by Gasteiger charge is -2.05. The van der Waals surface area contributed by atoms with Crippen LogP contribution in [0.2, 0.25) is 5.02 Å². The molecule has 0 aliphatic rings. The Hall–Kier alpha value is -1.62. The minimum absolute atomic E-state index is 0.102. The molecule has 0 amide bonds. The molecule has 17 heavy (non-hydrogen) atoms. The van der Waals surface area contributed by atoms with E-state index in [1.54, 1.807) is 4.68 Å². The lowest BCUT2D eigenvalue weighted by atomic mass is 10.3. The first kappa shape index (κ1) is 11.9. The fraction of sp³-hybridized carbons (Fsp3) is 0.364. The van der Waals surface area contributed by atoms with Gasteiger partial charge in [-0.25, -0.2) is 4.98 Å². The second-order valence-corrected chi connectivity index (χ2v) is 4.11. The maximum atomic E-state index is 11.6. The predicted molar refractivity (Wildman–Crippen MR) is 65.2 cm³/mol. The van der Waals surface area contributed by atoms with E-state index in [4.69, 9.17) is 11.6 Å². The van der Waals surface area contributed by atoms with Crippen LogP contribution in [-0.4, -0.2) is 19.3 Å². The van der Waals surface area contributed by atoms with Crippen molar-refractivity contribution in [3.05, 3.63) is 45.4 Å². The molecule has 90 valence electrons. The summed E-state index contributed by atoms with van der Waals surface area (Å²) < 4.78 is 3.21. The Morgan fingerprint density at radius 3 is 2.82 bits per heavy atom. The monoisotopic (exact) mass is 252 g/mol. The van der Waals surface area contributed by atoms with Crippen LogP contribution >= 0.6 is 11.6 Å². The van der Waals surface area contributed by atoms with Gasteiger partial charge in [-0.15, -0.1) is 0 Å². The highest BCUT2D eigenvalue weighted by atomic mass is 35.5. The van der Waals surface area contributed by atoms with Gasteiger partial charge in [-0.1, -0.05) is 18.5 Å². The molecule has 0 aromatic carbocycles. The lowest BCUT2D eigenvalue weighted by molar-refractivity contribution is 0.642. The summed E-state index contributed by atoms with van der Waals surface area (Å²) in [6.07, 6.45) is 3.74. The van der Waals surface area contributed by atoms with E-state index in [1.807, 2.05) is 14.0 Å². The van der Waals surface area contributed by atoms with Crippen LogP contribution in [0.4, 0.5) is 0 Å². The molecule has 0 spiro atoms. The minimum Gasteiger partial charge on any atom is -0.293 e. The summed E-state index contributed by atoms with van der Waals surface area (Å²) in [4.78, 5) is 15.5. The van der Waals surface area contributed by atoms with Crippen molar-refractivity contribution >= 4 is 11.6 Å². The third kappa shape index (κ3) is 2.24. The van der Waals surface area contributed by atoms with Gasteiger partial charge in [-0.2, -0.15) is 5.10 Å². The minimum atomic E-state index is -0.102. The van der Waals surface area contributed by atoms with Gasteiger partial charge in [-0.05, 0) is 6.42 Å². The van der Waals surface area contributed by atoms with E-state index in [1.165, 1.54) is 23.2 Å². The van der Waals surface area contributed by atoms with Crippen molar-refractivity contribution in [2.24, 2.45) is 7.05 Å². The molecule has 0 fully saturated rings. The summed E-state index contributed by atoms with van der Waals surface area (Å²) in [7, 11) is 1.82. The second-order valence-electron chi connectivity index (χ2n) is 3.73. The van der Waals surface area contributed by atoms with Gasteiger partial charge in [0.2, 0.25) is 0 Å². The Morgan fingerprint density at radius 1 is 1.47 bits per heavy atom. The van der Waals surface area contributed by atoms with Gasteiger partial charge >= 0.3 is 0 Å². The van der Waals surface area contributed by atoms with Crippen molar-refractivity contribution < 1.29 is 0 Å². The van der Waals surface area contributed by atoms with E-state index in [2.05, 4.69) is 10.1 Å². The molecule has 2 rings (SSSR count). The molecule has 0 saturated heterocycles. The highest BCUT2D eigenvalue weighted by Crippen LogP contribution is 2.21. The molecule has 0 unspecified atom stereocenters. The number of aryl methyl sites for hydroxylation is 2. The van der Waals surface area contributed by atoms with Crippen LogP contribution in [0.25, 0.3) is 0 Å². The van der Waals surface area contributed by atoms with Gasteiger partial charge in [-0.3, -0.25) is 14.0 Å². The summed E-state index contributed by atoms with van der Waals surface area (Å²) in [5, 5.41) is 4.93. The van der Waals surface area contributed by atoms with Gasteiger partial charge in [0.1, 0.15) is 0 Å². The quantitative estimate of drug-likeness (QED) is 0.826. The normalized spacial score (nSPS) is 10.8. The van der Waals surface area contributed by atoms with Crippen LogP contribution in [0.1, 0.15) is 18.3 Å². The van der Waals surface area contributed by atoms with E-state index >= 15 is 0 Å². The lowest BCUT2D eigenvalue weighted by Crippen LogP contribution is -2.20. The Kier molecular flexibility index (Phi) is 3.28. The summed E-state index contributed by atoms with van der Waals surface area (Å²) in [6, 6.07) is 1.42.